The monoisotopic (exact) mass is 299 g/mol. The van der Waals surface area contributed by atoms with Gasteiger partial charge in [-0.2, -0.15) is 0 Å². The van der Waals surface area contributed by atoms with Gasteiger partial charge in [-0.05, 0) is 23.1 Å². The lowest BCUT2D eigenvalue weighted by Gasteiger charge is -2.27. The molecule has 4 heteroatoms. The first-order chi connectivity index (χ1) is 7.78. The number of benzene rings is 1. The number of hydrogen-bond acceptors (Lipinski definition) is 1. The Kier molecular flexibility index (Phi) is 4.57. The van der Waals surface area contributed by atoms with Crippen LogP contribution in [0.3, 0.4) is 0 Å². The summed E-state index contributed by atoms with van der Waals surface area (Å²) in [5.41, 5.74) is 0.954. The molecule has 0 unspecified atom stereocenters. The van der Waals surface area contributed by atoms with E-state index in [1.165, 1.54) is 4.90 Å². The van der Waals surface area contributed by atoms with Crippen LogP contribution in [0.1, 0.15) is 26.3 Å². The van der Waals surface area contributed by atoms with Crippen molar-refractivity contribution in [3.63, 3.8) is 0 Å². The largest absolute Gasteiger partial charge is 0.465 e. The maximum absolute atomic E-state index is 11.2. The van der Waals surface area contributed by atoms with Gasteiger partial charge >= 0.3 is 6.09 Å². The summed E-state index contributed by atoms with van der Waals surface area (Å²) in [6, 6.07) is 7.72. The van der Waals surface area contributed by atoms with Crippen LogP contribution in [-0.4, -0.2) is 22.6 Å². The fourth-order valence-corrected chi connectivity index (χ4v) is 2.07. The third-order valence-corrected chi connectivity index (χ3v) is 2.69. The number of rotatable bonds is 3. The van der Waals surface area contributed by atoms with E-state index in [1.54, 1.807) is 0 Å². The van der Waals surface area contributed by atoms with Crippen LogP contribution in [-0.2, 0) is 6.54 Å². The van der Waals surface area contributed by atoms with Crippen LogP contribution in [0.15, 0.2) is 28.7 Å². The second-order valence-electron chi connectivity index (χ2n) is 5.33. The molecular weight excluding hydrogens is 282 g/mol. The van der Waals surface area contributed by atoms with E-state index in [-0.39, 0.29) is 5.41 Å². The van der Waals surface area contributed by atoms with E-state index in [4.69, 9.17) is 0 Å². The number of carboxylic acid groups (broad SMARTS) is 1. The standard InChI is InChI=1S/C13H18BrNO2/c1-13(2,3)9-15(12(16)17)8-10-5-4-6-11(14)7-10/h4-7H,8-9H2,1-3H3,(H,16,17). The summed E-state index contributed by atoms with van der Waals surface area (Å²) in [7, 11) is 0. The van der Waals surface area contributed by atoms with Gasteiger partial charge in [-0.3, -0.25) is 0 Å². The van der Waals surface area contributed by atoms with Crippen molar-refractivity contribution in [2.75, 3.05) is 6.54 Å². The lowest BCUT2D eigenvalue weighted by molar-refractivity contribution is 0.123. The molecule has 0 aliphatic carbocycles. The molecule has 0 saturated carbocycles. The van der Waals surface area contributed by atoms with Crippen LogP contribution in [0.25, 0.3) is 0 Å². The van der Waals surface area contributed by atoms with Crippen LogP contribution < -0.4 is 0 Å². The van der Waals surface area contributed by atoms with Crippen LogP contribution in [0, 0.1) is 5.41 Å². The van der Waals surface area contributed by atoms with Gasteiger partial charge in [-0.25, -0.2) is 4.79 Å². The number of nitrogens with zero attached hydrogens (tertiary/aromatic N) is 1. The van der Waals surface area contributed by atoms with Gasteiger partial charge in [0.25, 0.3) is 0 Å². The highest BCUT2D eigenvalue weighted by atomic mass is 79.9. The van der Waals surface area contributed by atoms with Crippen molar-refractivity contribution in [3.05, 3.63) is 34.3 Å². The average molecular weight is 300 g/mol. The van der Waals surface area contributed by atoms with Crippen LogP contribution in [0.4, 0.5) is 4.79 Å². The molecule has 94 valence electrons. The van der Waals surface area contributed by atoms with Crippen molar-refractivity contribution in [2.24, 2.45) is 5.41 Å². The van der Waals surface area contributed by atoms with Crippen molar-refractivity contribution in [1.82, 2.24) is 4.90 Å². The Hall–Kier alpha value is -1.03. The summed E-state index contributed by atoms with van der Waals surface area (Å²) in [5, 5.41) is 9.18. The van der Waals surface area contributed by atoms with Gasteiger partial charge in [0.15, 0.2) is 0 Å². The Morgan fingerprint density at radius 3 is 2.53 bits per heavy atom. The average Bonchev–Trinajstić information content (AvgIpc) is 2.14. The third kappa shape index (κ3) is 5.22. The van der Waals surface area contributed by atoms with Gasteiger partial charge in [0, 0.05) is 17.6 Å². The molecule has 0 fully saturated rings. The third-order valence-electron chi connectivity index (χ3n) is 2.20. The van der Waals surface area contributed by atoms with Crippen molar-refractivity contribution in [1.29, 1.82) is 0 Å². The number of halogens is 1. The minimum Gasteiger partial charge on any atom is -0.465 e. The van der Waals surface area contributed by atoms with E-state index < -0.39 is 6.09 Å². The maximum Gasteiger partial charge on any atom is 0.407 e. The van der Waals surface area contributed by atoms with Crippen molar-refractivity contribution < 1.29 is 9.90 Å². The Balaban J connectivity index is 2.77. The van der Waals surface area contributed by atoms with Gasteiger partial charge in [-0.1, -0.05) is 48.8 Å². The molecule has 0 radical (unpaired) electrons. The predicted molar refractivity (Wildman–Crippen MR) is 72.0 cm³/mol. The summed E-state index contributed by atoms with van der Waals surface area (Å²) in [4.78, 5) is 12.6. The molecule has 0 aliphatic rings. The fraction of sp³-hybridized carbons (Fsp3) is 0.462. The lowest BCUT2D eigenvalue weighted by atomic mass is 9.96. The van der Waals surface area contributed by atoms with Crippen LogP contribution in [0.5, 0.6) is 0 Å². The fourth-order valence-electron chi connectivity index (χ4n) is 1.62. The summed E-state index contributed by atoms with van der Waals surface area (Å²) < 4.78 is 0.969. The summed E-state index contributed by atoms with van der Waals surface area (Å²) in [6.45, 7) is 7.04. The number of carbonyl (C=O) groups is 1. The highest BCUT2D eigenvalue weighted by Gasteiger charge is 2.20. The first-order valence-electron chi connectivity index (χ1n) is 5.50. The highest BCUT2D eigenvalue weighted by Crippen LogP contribution is 2.19. The smallest absolute Gasteiger partial charge is 0.407 e. The van der Waals surface area contributed by atoms with Crippen molar-refractivity contribution in [3.8, 4) is 0 Å². The molecule has 1 aromatic carbocycles. The number of amides is 1. The summed E-state index contributed by atoms with van der Waals surface area (Å²) in [6.07, 6.45) is -0.875. The molecule has 0 aromatic heterocycles. The molecule has 3 nitrogen and oxygen atoms in total. The van der Waals surface area contributed by atoms with Gasteiger partial charge in [0.1, 0.15) is 0 Å². The minimum absolute atomic E-state index is 0.0373. The Morgan fingerprint density at radius 1 is 1.41 bits per heavy atom. The molecule has 0 heterocycles. The van der Waals surface area contributed by atoms with Crippen molar-refractivity contribution >= 4 is 22.0 Å². The summed E-state index contributed by atoms with van der Waals surface area (Å²) >= 11 is 3.38. The second kappa shape index (κ2) is 5.54. The molecule has 17 heavy (non-hydrogen) atoms. The van der Waals surface area contributed by atoms with Gasteiger partial charge in [-0.15, -0.1) is 0 Å². The molecule has 0 spiro atoms. The SMILES string of the molecule is CC(C)(C)CN(Cc1cccc(Br)c1)C(=O)O. The molecule has 1 N–H and O–H groups in total. The summed E-state index contributed by atoms with van der Waals surface area (Å²) in [5.74, 6) is 0. The molecule has 0 saturated heterocycles. The first kappa shape index (κ1) is 14.0. The van der Waals surface area contributed by atoms with E-state index >= 15 is 0 Å². The van der Waals surface area contributed by atoms with E-state index in [0.29, 0.717) is 13.1 Å². The van der Waals surface area contributed by atoms with E-state index in [1.807, 2.05) is 45.0 Å². The van der Waals surface area contributed by atoms with E-state index in [9.17, 15) is 9.90 Å². The zero-order valence-corrected chi connectivity index (χ0v) is 12.0. The minimum atomic E-state index is -0.875. The highest BCUT2D eigenvalue weighted by molar-refractivity contribution is 9.10. The normalized spacial score (nSPS) is 11.3. The Morgan fingerprint density at radius 2 is 2.06 bits per heavy atom. The zero-order chi connectivity index (χ0) is 13.1. The lowest BCUT2D eigenvalue weighted by Crippen LogP contribution is -2.36. The van der Waals surface area contributed by atoms with Crippen molar-refractivity contribution in [2.45, 2.75) is 27.3 Å². The molecular formula is C13H18BrNO2. The number of hydrogen-bond donors (Lipinski definition) is 1. The van der Waals surface area contributed by atoms with Gasteiger partial charge in [0.2, 0.25) is 0 Å². The molecule has 1 amide bonds. The Bertz CT molecular complexity index is 399. The van der Waals surface area contributed by atoms with Crippen LogP contribution in [0.2, 0.25) is 0 Å². The van der Waals surface area contributed by atoms with Gasteiger partial charge in [0.05, 0.1) is 0 Å². The molecule has 1 aromatic rings. The van der Waals surface area contributed by atoms with Gasteiger partial charge < -0.3 is 10.0 Å². The molecule has 0 aliphatic heterocycles. The zero-order valence-electron chi connectivity index (χ0n) is 10.4. The first-order valence-corrected chi connectivity index (χ1v) is 6.29. The maximum atomic E-state index is 11.2. The second-order valence-corrected chi connectivity index (χ2v) is 6.24. The quantitative estimate of drug-likeness (QED) is 0.917. The molecule has 0 bridgehead atoms. The molecule has 0 atom stereocenters. The van der Waals surface area contributed by atoms with E-state index in [2.05, 4.69) is 15.9 Å². The molecule has 1 rings (SSSR count). The van der Waals surface area contributed by atoms with Crippen LogP contribution >= 0.6 is 15.9 Å². The Labute approximate surface area is 111 Å². The predicted octanol–water partition coefficient (Wildman–Crippen LogP) is 3.98. The topological polar surface area (TPSA) is 40.5 Å². The van der Waals surface area contributed by atoms with E-state index in [0.717, 1.165) is 10.0 Å².